The van der Waals surface area contributed by atoms with Gasteiger partial charge in [0.1, 0.15) is 7.85 Å². The Morgan fingerprint density at radius 2 is 1.74 bits per heavy atom. The van der Waals surface area contributed by atoms with Gasteiger partial charge in [0.2, 0.25) is 0 Å². The standard InChI is InChI=1S/C18H29B/c1-8-11-12-13-18(7,10-3)16(6)14(4)15(5)17(19)9-2/h8,10-12H,1,3,9,13,19H2,2,4-7H3/b12-11-,16-14+,17-15+. The van der Waals surface area contributed by atoms with Crippen molar-refractivity contribution >= 4 is 7.85 Å². The molecule has 0 amide bonds. The van der Waals surface area contributed by atoms with Gasteiger partial charge in [-0.25, -0.2) is 0 Å². The number of rotatable bonds is 7. The summed E-state index contributed by atoms with van der Waals surface area (Å²) >= 11 is 0. The van der Waals surface area contributed by atoms with Gasteiger partial charge in [0, 0.05) is 5.41 Å². The highest BCUT2D eigenvalue weighted by Gasteiger charge is 2.23. The zero-order valence-electron chi connectivity index (χ0n) is 13.6. The van der Waals surface area contributed by atoms with Crippen molar-refractivity contribution in [3.8, 4) is 0 Å². The smallest absolute Gasteiger partial charge is 0.107 e. The molecule has 0 aromatic heterocycles. The van der Waals surface area contributed by atoms with Gasteiger partial charge in [0.15, 0.2) is 0 Å². The van der Waals surface area contributed by atoms with Crippen molar-refractivity contribution in [3.05, 3.63) is 59.7 Å². The second-order valence-electron chi connectivity index (χ2n) is 5.50. The van der Waals surface area contributed by atoms with Crippen LogP contribution in [0.5, 0.6) is 0 Å². The van der Waals surface area contributed by atoms with E-state index >= 15 is 0 Å². The SMILES string of the molecule is B/C(CC)=C(C)/C(C)=C(\C)C(C)(C=C)C/C=C\C=C. The zero-order valence-corrected chi connectivity index (χ0v) is 13.6. The molecule has 0 saturated carbocycles. The lowest BCUT2D eigenvalue weighted by atomic mass is 9.75. The molecule has 0 heterocycles. The third kappa shape index (κ3) is 4.74. The van der Waals surface area contributed by atoms with Crippen molar-refractivity contribution < 1.29 is 0 Å². The topological polar surface area (TPSA) is 0 Å². The summed E-state index contributed by atoms with van der Waals surface area (Å²) in [7, 11) is 2.22. The van der Waals surface area contributed by atoms with E-state index in [0.29, 0.717) is 0 Å². The normalized spacial score (nSPS) is 17.5. The van der Waals surface area contributed by atoms with Crippen molar-refractivity contribution in [2.24, 2.45) is 5.41 Å². The minimum Gasteiger partial charge on any atom is -0.107 e. The van der Waals surface area contributed by atoms with Gasteiger partial charge in [0.05, 0.1) is 0 Å². The third-order valence-corrected chi connectivity index (χ3v) is 4.42. The van der Waals surface area contributed by atoms with E-state index in [0.717, 1.165) is 12.8 Å². The fourth-order valence-electron chi connectivity index (χ4n) is 2.09. The third-order valence-electron chi connectivity index (χ3n) is 4.42. The molecule has 19 heavy (non-hydrogen) atoms. The number of hydrogen-bond donors (Lipinski definition) is 0. The summed E-state index contributed by atoms with van der Waals surface area (Å²) in [5.41, 5.74) is 5.69. The molecule has 1 atom stereocenters. The molecule has 1 heteroatoms. The van der Waals surface area contributed by atoms with Crippen LogP contribution in [0.4, 0.5) is 0 Å². The summed E-state index contributed by atoms with van der Waals surface area (Å²) in [5.74, 6) is 0. The average Bonchev–Trinajstić information content (AvgIpc) is 2.43. The number of hydrogen-bond acceptors (Lipinski definition) is 0. The van der Waals surface area contributed by atoms with Crippen molar-refractivity contribution in [3.63, 3.8) is 0 Å². The van der Waals surface area contributed by atoms with Crippen LogP contribution >= 0.6 is 0 Å². The summed E-state index contributed by atoms with van der Waals surface area (Å²) in [6.45, 7) is 18.9. The van der Waals surface area contributed by atoms with Crippen LogP contribution < -0.4 is 0 Å². The molecule has 0 aliphatic carbocycles. The molecule has 0 bridgehead atoms. The zero-order chi connectivity index (χ0) is 15.1. The van der Waals surface area contributed by atoms with Crippen LogP contribution in [-0.4, -0.2) is 7.85 Å². The molecule has 0 radical (unpaired) electrons. The van der Waals surface area contributed by atoms with Crippen LogP contribution in [0.2, 0.25) is 0 Å². The van der Waals surface area contributed by atoms with E-state index in [1.165, 1.54) is 22.2 Å². The highest BCUT2D eigenvalue weighted by Crippen LogP contribution is 2.36. The van der Waals surface area contributed by atoms with Gasteiger partial charge in [-0.3, -0.25) is 0 Å². The second kappa shape index (κ2) is 8.04. The maximum absolute atomic E-state index is 4.03. The average molecular weight is 256 g/mol. The van der Waals surface area contributed by atoms with Crippen molar-refractivity contribution in [2.75, 3.05) is 0 Å². The fourth-order valence-corrected chi connectivity index (χ4v) is 2.09. The minimum atomic E-state index is 0.0128. The predicted molar refractivity (Wildman–Crippen MR) is 92.2 cm³/mol. The van der Waals surface area contributed by atoms with Gasteiger partial charge in [-0.05, 0) is 39.2 Å². The van der Waals surface area contributed by atoms with Crippen LogP contribution in [0.15, 0.2) is 59.7 Å². The molecule has 0 aromatic rings. The van der Waals surface area contributed by atoms with Crippen LogP contribution in [0.1, 0.15) is 47.5 Å². The molecule has 0 nitrogen and oxygen atoms in total. The molecule has 0 saturated heterocycles. The molecule has 0 aliphatic rings. The van der Waals surface area contributed by atoms with Crippen LogP contribution in [0.3, 0.4) is 0 Å². The second-order valence-corrected chi connectivity index (χ2v) is 5.50. The molecular weight excluding hydrogens is 227 g/mol. The molecule has 0 aromatic carbocycles. The fraction of sp³-hybridized carbons (Fsp3) is 0.444. The predicted octanol–water partition coefficient (Wildman–Crippen LogP) is 4.96. The van der Waals surface area contributed by atoms with Crippen molar-refractivity contribution in [1.29, 1.82) is 0 Å². The largest absolute Gasteiger partial charge is 0.134 e. The highest BCUT2D eigenvalue weighted by atomic mass is 14.3. The first-order valence-electron chi connectivity index (χ1n) is 7.09. The summed E-state index contributed by atoms with van der Waals surface area (Å²) in [6, 6.07) is 0. The summed E-state index contributed by atoms with van der Waals surface area (Å²) in [4.78, 5) is 0. The first-order chi connectivity index (χ1) is 8.83. The molecule has 0 N–H and O–H groups in total. The first-order valence-corrected chi connectivity index (χ1v) is 7.09. The quantitative estimate of drug-likeness (QED) is 0.343. The summed E-state index contributed by atoms with van der Waals surface area (Å²) in [5, 5.41) is 0. The lowest BCUT2D eigenvalue weighted by molar-refractivity contribution is 0.519. The lowest BCUT2D eigenvalue weighted by Crippen LogP contribution is -2.15. The maximum Gasteiger partial charge on any atom is 0.134 e. The van der Waals surface area contributed by atoms with Gasteiger partial charge in [-0.15, -0.1) is 12.1 Å². The van der Waals surface area contributed by atoms with Crippen molar-refractivity contribution in [2.45, 2.75) is 47.5 Å². The van der Waals surface area contributed by atoms with E-state index in [-0.39, 0.29) is 5.41 Å². The van der Waals surface area contributed by atoms with E-state index in [1.54, 1.807) is 0 Å². The van der Waals surface area contributed by atoms with Gasteiger partial charge in [0.25, 0.3) is 0 Å². The molecule has 1 unspecified atom stereocenters. The maximum atomic E-state index is 4.03. The Morgan fingerprint density at radius 3 is 2.16 bits per heavy atom. The van der Waals surface area contributed by atoms with E-state index in [4.69, 9.17) is 0 Å². The van der Waals surface area contributed by atoms with Crippen molar-refractivity contribution in [1.82, 2.24) is 0 Å². The molecule has 0 aliphatic heterocycles. The van der Waals surface area contributed by atoms with Crippen LogP contribution in [-0.2, 0) is 0 Å². The Morgan fingerprint density at radius 1 is 1.16 bits per heavy atom. The van der Waals surface area contributed by atoms with E-state index in [9.17, 15) is 0 Å². The van der Waals surface area contributed by atoms with Crippen LogP contribution in [0.25, 0.3) is 0 Å². The minimum absolute atomic E-state index is 0.0128. The van der Waals surface area contributed by atoms with E-state index in [1.807, 2.05) is 12.2 Å². The Kier molecular flexibility index (Phi) is 7.52. The molecule has 0 rings (SSSR count). The number of allylic oxidation sites excluding steroid dienone is 8. The first kappa shape index (κ1) is 17.8. The molecule has 0 spiro atoms. The Labute approximate surface area is 121 Å². The van der Waals surface area contributed by atoms with Crippen LogP contribution in [0, 0.1) is 5.41 Å². The summed E-state index contributed by atoms with van der Waals surface area (Å²) in [6.07, 6.45) is 10.1. The van der Waals surface area contributed by atoms with Gasteiger partial charge in [-0.1, -0.05) is 55.9 Å². The van der Waals surface area contributed by atoms with Gasteiger partial charge >= 0.3 is 0 Å². The van der Waals surface area contributed by atoms with Gasteiger partial charge in [-0.2, -0.15) is 0 Å². The summed E-state index contributed by atoms with van der Waals surface area (Å²) < 4.78 is 0. The molecule has 0 fully saturated rings. The molecular formula is C18H29B. The highest BCUT2D eigenvalue weighted by molar-refractivity contribution is 6.22. The Balaban J connectivity index is 5.53. The lowest BCUT2D eigenvalue weighted by Gasteiger charge is -2.28. The van der Waals surface area contributed by atoms with E-state index in [2.05, 4.69) is 67.8 Å². The van der Waals surface area contributed by atoms with E-state index < -0.39 is 0 Å². The Hall–Kier alpha value is -1.24. The molecule has 104 valence electrons. The Bertz CT molecular complexity index is 421. The van der Waals surface area contributed by atoms with Gasteiger partial charge < -0.3 is 0 Å². The monoisotopic (exact) mass is 256 g/mol.